The van der Waals surface area contributed by atoms with E-state index in [0.29, 0.717) is 25.1 Å². The van der Waals surface area contributed by atoms with Gasteiger partial charge in [0.1, 0.15) is 12.1 Å². The zero-order valence-corrected chi connectivity index (χ0v) is 18.6. The van der Waals surface area contributed by atoms with Crippen LogP contribution in [-0.4, -0.2) is 54.3 Å². The van der Waals surface area contributed by atoms with Gasteiger partial charge in [-0.05, 0) is 56.8 Å². The minimum Gasteiger partial charge on any atom is -0.329 e. The third kappa shape index (κ3) is 5.25. The first kappa shape index (κ1) is 22.0. The average molecular weight is 473 g/mol. The Kier molecular flexibility index (Phi) is 7.23. The summed E-state index contributed by atoms with van der Waals surface area (Å²) < 4.78 is 0.888. The molecule has 8 heteroatoms. The van der Waals surface area contributed by atoms with E-state index in [-0.39, 0.29) is 5.91 Å². The number of hydrogen-bond donors (Lipinski definition) is 2. The van der Waals surface area contributed by atoms with E-state index in [0.717, 1.165) is 10.0 Å². The van der Waals surface area contributed by atoms with Gasteiger partial charge in [0, 0.05) is 16.7 Å². The molecule has 0 spiro atoms. The first-order valence-electron chi connectivity index (χ1n) is 9.76. The zero-order valence-electron chi connectivity index (χ0n) is 17.0. The molecule has 1 fully saturated rings. The van der Waals surface area contributed by atoms with Gasteiger partial charge in [-0.3, -0.25) is 19.8 Å². The van der Waals surface area contributed by atoms with Gasteiger partial charge < -0.3 is 10.2 Å². The van der Waals surface area contributed by atoms with Crippen molar-refractivity contribution < 1.29 is 14.4 Å². The van der Waals surface area contributed by atoms with Crippen molar-refractivity contribution >= 4 is 39.5 Å². The molecule has 4 amide bonds. The zero-order chi connectivity index (χ0) is 21.7. The number of rotatable bonds is 5. The number of likely N-dealkylation sites (N-methyl/N-ethyl adjacent to an activating group) is 1. The number of benzene rings is 2. The second-order valence-corrected chi connectivity index (χ2v) is 8.33. The van der Waals surface area contributed by atoms with Gasteiger partial charge in [-0.15, -0.1) is 0 Å². The van der Waals surface area contributed by atoms with E-state index >= 15 is 0 Å². The van der Waals surface area contributed by atoms with Crippen LogP contribution in [0.25, 0.3) is 0 Å². The minimum absolute atomic E-state index is 0.142. The molecule has 7 nitrogen and oxygen atoms in total. The maximum Gasteiger partial charge on any atom is 0.325 e. The van der Waals surface area contributed by atoms with Gasteiger partial charge in [0.2, 0.25) is 5.91 Å². The van der Waals surface area contributed by atoms with Gasteiger partial charge in [-0.1, -0.05) is 46.3 Å². The molecule has 30 heavy (non-hydrogen) atoms. The number of nitrogens with one attached hydrogen (secondary N) is 2. The Morgan fingerprint density at radius 1 is 1.07 bits per heavy atom. The summed E-state index contributed by atoms with van der Waals surface area (Å²) in [7, 11) is 3.68. The summed E-state index contributed by atoms with van der Waals surface area (Å²) in [5.74, 6) is -0.613. The molecule has 2 N–H and O–H groups in total. The summed E-state index contributed by atoms with van der Waals surface area (Å²) in [6, 6.07) is 14.7. The number of halogens is 1. The van der Waals surface area contributed by atoms with E-state index in [4.69, 9.17) is 0 Å². The molecule has 1 aliphatic heterocycles. The van der Waals surface area contributed by atoms with Gasteiger partial charge in [0.25, 0.3) is 5.91 Å². The second kappa shape index (κ2) is 9.86. The van der Waals surface area contributed by atoms with E-state index in [1.54, 1.807) is 29.2 Å². The largest absolute Gasteiger partial charge is 0.329 e. The average Bonchev–Trinajstić information content (AvgIpc) is 3.20. The van der Waals surface area contributed by atoms with Crippen LogP contribution in [0.5, 0.6) is 0 Å². The summed E-state index contributed by atoms with van der Waals surface area (Å²) in [5.41, 5.74) is 1.44. The number of imide groups is 1. The number of anilines is 1. The third-order valence-corrected chi connectivity index (χ3v) is 5.57. The van der Waals surface area contributed by atoms with Crippen molar-refractivity contribution in [1.29, 1.82) is 0 Å². The molecule has 2 aromatic carbocycles. The van der Waals surface area contributed by atoms with Crippen LogP contribution in [0.4, 0.5) is 10.5 Å². The normalized spacial score (nSPS) is 16.9. The van der Waals surface area contributed by atoms with E-state index in [9.17, 15) is 14.4 Å². The van der Waals surface area contributed by atoms with Crippen LogP contribution in [0.2, 0.25) is 0 Å². The minimum atomic E-state index is -0.667. The van der Waals surface area contributed by atoms with Crippen molar-refractivity contribution in [3.05, 3.63) is 64.6 Å². The number of carbonyl (C=O) groups excluding carboxylic acids is 3. The Morgan fingerprint density at radius 2 is 1.73 bits per heavy atom. The quantitative estimate of drug-likeness (QED) is 0.698. The number of amides is 4. The van der Waals surface area contributed by atoms with Crippen LogP contribution >= 0.6 is 15.9 Å². The molecular weight excluding hydrogens is 448 g/mol. The highest BCUT2D eigenvalue weighted by Crippen LogP contribution is 2.26. The molecule has 0 aromatic heterocycles. The van der Waals surface area contributed by atoms with Gasteiger partial charge in [0.15, 0.2) is 0 Å². The fourth-order valence-corrected chi connectivity index (χ4v) is 3.91. The van der Waals surface area contributed by atoms with Gasteiger partial charge in [-0.25, -0.2) is 4.79 Å². The van der Waals surface area contributed by atoms with E-state index in [2.05, 4.69) is 26.6 Å². The summed E-state index contributed by atoms with van der Waals surface area (Å²) >= 11 is 3.33. The highest BCUT2D eigenvalue weighted by atomic mass is 79.9. The van der Waals surface area contributed by atoms with Gasteiger partial charge in [-0.2, -0.15) is 0 Å². The van der Waals surface area contributed by atoms with Crippen LogP contribution in [0.3, 0.4) is 0 Å². The Morgan fingerprint density at radius 3 is 2.37 bits per heavy atom. The van der Waals surface area contributed by atoms with Crippen LogP contribution in [0.1, 0.15) is 24.4 Å². The monoisotopic (exact) mass is 472 g/mol. The van der Waals surface area contributed by atoms with Crippen LogP contribution in [0, 0.1) is 0 Å². The van der Waals surface area contributed by atoms with Crippen LogP contribution in [0.15, 0.2) is 59.1 Å². The molecule has 2 atom stereocenters. The van der Waals surface area contributed by atoms with Gasteiger partial charge >= 0.3 is 6.03 Å². The summed E-state index contributed by atoms with van der Waals surface area (Å²) in [6.45, 7) is 0.489. The number of nitrogens with zero attached hydrogens (tertiary/aromatic N) is 2. The number of carbonyl (C=O) groups is 3. The van der Waals surface area contributed by atoms with Crippen molar-refractivity contribution in [2.75, 3.05) is 26.0 Å². The lowest BCUT2D eigenvalue weighted by atomic mass is 10.0. The molecule has 158 valence electrons. The molecule has 2 aromatic rings. The second-order valence-electron chi connectivity index (χ2n) is 7.42. The Balaban J connectivity index is 1.67. The lowest BCUT2D eigenvalue weighted by molar-refractivity contribution is -0.141. The first-order valence-corrected chi connectivity index (χ1v) is 10.6. The topological polar surface area (TPSA) is 81.8 Å². The molecule has 0 bridgehead atoms. The predicted octanol–water partition coefficient (Wildman–Crippen LogP) is 3.39. The van der Waals surface area contributed by atoms with Crippen molar-refractivity contribution in [3.63, 3.8) is 0 Å². The maximum atomic E-state index is 13.3. The summed E-state index contributed by atoms with van der Waals surface area (Å²) in [5, 5.41) is 5.00. The molecule has 0 radical (unpaired) electrons. The molecule has 3 rings (SSSR count). The first-order chi connectivity index (χ1) is 14.4. The smallest absolute Gasteiger partial charge is 0.325 e. The predicted molar refractivity (Wildman–Crippen MR) is 119 cm³/mol. The van der Waals surface area contributed by atoms with E-state index in [1.807, 2.05) is 49.3 Å². The Hall–Kier alpha value is -2.71. The van der Waals surface area contributed by atoms with Crippen molar-refractivity contribution in [2.45, 2.75) is 24.9 Å². The Labute approximate surface area is 184 Å². The molecule has 1 aliphatic rings. The Bertz CT molecular complexity index is 902. The SMILES string of the molecule is CN(C)C(C(=O)N1CCCC1C(=O)NC(=O)Nc1ccc(Br)cc1)c1ccccc1. The van der Waals surface area contributed by atoms with Crippen LogP contribution in [-0.2, 0) is 9.59 Å². The third-order valence-electron chi connectivity index (χ3n) is 5.04. The van der Waals surface area contributed by atoms with E-state index < -0.39 is 24.0 Å². The standard InChI is InChI=1S/C22H25BrN4O3/c1-26(2)19(15-7-4-3-5-8-15)21(29)27-14-6-9-18(27)20(28)25-22(30)24-17-12-10-16(23)11-13-17/h3-5,7-8,10-13,18-19H,6,9,14H2,1-2H3,(H2,24,25,28,30). The maximum absolute atomic E-state index is 13.3. The van der Waals surface area contributed by atoms with Crippen molar-refractivity contribution in [2.24, 2.45) is 0 Å². The van der Waals surface area contributed by atoms with Gasteiger partial charge in [0.05, 0.1) is 0 Å². The number of likely N-dealkylation sites (tertiary alicyclic amines) is 1. The molecular formula is C22H25BrN4O3. The molecule has 1 saturated heterocycles. The fraction of sp³-hybridized carbons (Fsp3) is 0.318. The number of hydrogen-bond acceptors (Lipinski definition) is 4. The summed E-state index contributed by atoms with van der Waals surface area (Å²) in [6.07, 6.45) is 1.24. The van der Waals surface area contributed by atoms with Crippen molar-refractivity contribution in [3.8, 4) is 0 Å². The highest BCUT2D eigenvalue weighted by Gasteiger charge is 2.38. The van der Waals surface area contributed by atoms with Crippen molar-refractivity contribution in [1.82, 2.24) is 15.1 Å². The summed E-state index contributed by atoms with van der Waals surface area (Å²) in [4.78, 5) is 41.7. The number of urea groups is 1. The van der Waals surface area contributed by atoms with Crippen LogP contribution < -0.4 is 10.6 Å². The molecule has 1 heterocycles. The fourth-order valence-electron chi connectivity index (χ4n) is 3.65. The molecule has 2 unspecified atom stereocenters. The van der Waals surface area contributed by atoms with E-state index in [1.165, 1.54) is 0 Å². The highest BCUT2D eigenvalue weighted by molar-refractivity contribution is 9.10. The molecule has 0 aliphatic carbocycles. The molecule has 0 saturated carbocycles. The lowest BCUT2D eigenvalue weighted by Crippen LogP contribution is -2.51. The lowest BCUT2D eigenvalue weighted by Gasteiger charge is -2.31.